The second-order valence-electron chi connectivity index (χ2n) is 6.32. The van der Waals surface area contributed by atoms with Gasteiger partial charge in [0.1, 0.15) is 5.37 Å². The standard InChI is InChI=1S/C19H15N3O4S/c1-11-8-17(23)20-16-9-14(6-7-15(11)16)21-18(24)10-27-19(21)12-2-4-13(5-3-12)22(25)26/h2-9,19H,10H2,1H3,(H,20,23). The highest BCUT2D eigenvalue weighted by molar-refractivity contribution is 8.00. The van der Waals surface area contributed by atoms with Crippen LogP contribution in [0.5, 0.6) is 0 Å². The first kappa shape index (κ1) is 17.3. The lowest BCUT2D eigenvalue weighted by atomic mass is 10.1. The molecule has 2 aromatic carbocycles. The summed E-state index contributed by atoms with van der Waals surface area (Å²) in [7, 11) is 0. The van der Waals surface area contributed by atoms with Crippen molar-refractivity contribution in [2.24, 2.45) is 0 Å². The Bertz CT molecular complexity index is 1120. The number of amides is 1. The molecule has 27 heavy (non-hydrogen) atoms. The summed E-state index contributed by atoms with van der Waals surface area (Å²) in [5, 5.41) is 11.5. The average molecular weight is 381 g/mol. The molecule has 0 bridgehead atoms. The van der Waals surface area contributed by atoms with Crippen LogP contribution in [0.1, 0.15) is 16.5 Å². The zero-order valence-electron chi connectivity index (χ0n) is 14.3. The van der Waals surface area contributed by atoms with E-state index in [1.54, 1.807) is 29.2 Å². The number of rotatable bonds is 3. The van der Waals surface area contributed by atoms with E-state index in [1.807, 2.05) is 19.1 Å². The number of aromatic amines is 1. The van der Waals surface area contributed by atoms with Crippen LogP contribution in [-0.4, -0.2) is 21.6 Å². The number of nitro groups is 1. The van der Waals surface area contributed by atoms with Crippen LogP contribution in [0.2, 0.25) is 0 Å². The molecular formula is C19H15N3O4S. The van der Waals surface area contributed by atoms with E-state index >= 15 is 0 Å². The van der Waals surface area contributed by atoms with Gasteiger partial charge in [-0.25, -0.2) is 0 Å². The predicted molar refractivity (Wildman–Crippen MR) is 105 cm³/mol. The number of anilines is 1. The number of non-ortho nitro benzene ring substituents is 1. The molecule has 8 heteroatoms. The molecule has 1 saturated heterocycles. The summed E-state index contributed by atoms with van der Waals surface area (Å²) in [6, 6.07) is 13.3. The van der Waals surface area contributed by atoms with E-state index in [1.165, 1.54) is 23.9 Å². The summed E-state index contributed by atoms with van der Waals surface area (Å²) in [4.78, 5) is 39.2. The Hall–Kier alpha value is -3.13. The van der Waals surface area contributed by atoms with Crippen LogP contribution >= 0.6 is 11.8 Å². The number of nitrogens with one attached hydrogen (secondary N) is 1. The maximum Gasteiger partial charge on any atom is 0.269 e. The maximum atomic E-state index is 12.5. The molecule has 7 nitrogen and oxygen atoms in total. The summed E-state index contributed by atoms with van der Waals surface area (Å²) < 4.78 is 0. The molecule has 1 aliphatic rings. The van der Waals surface area contributed by atoms with E-state index in [0.29, 0.717) is 17.0 Å². The number of benzene rings is 2. The number of thioether (sulfide) groups is 1. The van der Waals surface area contributed by atoms with Gasteiger partial charge in [0.2, 0.25) is 11.5 Å². The van der Waals surface area contributed by atoms with E-state index in [2.05, 4.69) is 4.98 Å². The third-order valence-corrected chi connectivity index (χ3v) is 5.78. The minimum absolute atomic E-state index is 0.0124. The van der Waals surface area contributed by atoms with E-state index in [4.69, 9.17) is 0 Å². The van der Waals surface area contributed by atoms with Crippen molar-refractivity contribution in [2.45, 2.75) is 12.3 Å². The molecular weight excluding hydrogens is 366 g/mol. The van der Waals surface area contributed by atoms with Gasteiger partial charge >= 0.3 is 0 Å². The van der Waals surface area contributed by atoms with Crippen LogP contribution in [-0.2, 0) is 4.79 Å². The minimum Gasteiger partial charge on any atom is -0.322 e. The van der Waals surface area contributed by atoms with Crippen LogP contribution in [0.15, 0.2) is 53.3 Å². The first-order valence-electron chi connectivity index (χ1n) is 8.26. The topological polar surface area (TPSA) is 96.3 Å². The Balaban J connectivity index is 1.76. The molecule has 1 atom stereocenters. The number of H-pyrrole nitrogens is 1. The second-order valence-corrected chi connectivity index (χ2v) is 7.39. The van der Waals surface area contributed by atoms with Gasteiger partial charge in [-0.05, 0) is 42.3 Å². The van der Waals surface area contributed by atoms with E-state index < -0.39 is 4.92 Å². The summed E-state index contributed by atoms with van der Waals surface area (Å²) >= 11 is 1.47. The highest BCUT2D eigenvalue weighted by Crippen LogP contribution is 2.42. The number of fused-ring (bicyclic) bond motifs is 1. The van der Waals surface area contributed by atoms with E-state index in [9.17, 15) is 19.7 Å². The largest absolute Gasteiger partial charge is 0.322 e. The fourth-order valence-corrected chi connectivity index (χ4v) is 4.46. The van der Waals surface area contributed by atoms with Gasteiger partial charge in [0.05, 0.1) is 16.2 Å². The van der Waals surface area contributed by atoms with Gasteiger partial charge in [-0.3, -0.25) is 24.6 Å². The fourth-order valence-electron chi connectivity index (χ4n) is 3.28. The Morgan fingerprint density at radius 1 is 1.15 bits per heavy atom. The number of nitrogens with zero attached hydrogens (tertiary/aromatic N) is 2. The maximum absolute atomic E-state index is 12.5. The molecule has 1 unspecified atom stereocenters. The monoisotopic (exact) mass is 381 g/mol. The van der Waals surface area contributed by atoms with Crippen LogP contribution in [0.3, 0.4) is 0 Å². The number of hydrogen-bond donors (Lipinski definition) is 1. The normalized spacial score (nSPS) is 16.9. The number of carbonyl (C=O) groups excluding carboxylic acids is 1. The molecule has 2 heterocycles. The van der Waals surface area contributed by atoms with Gasteiger partial charge in [-0.1, -0.05) is 6.07 Å². The van der Waals surface area contributed by atoms with Crippen LogP contribution in [0.25, 0.3) is 10.9 Å². The van der Waals surface area contributed by atoms with Crippen molar-refractivity contribution in [3.05, 3.63) is 80.1 Å². The lowest BCUT2D eigenvalue weighted by Gasteiger charge is -2.24. The van der Waals surface area contributed by atoms with Crippen molar-refractivity contribution in [1.82, 2.24) is 4.98 Å². The molecule has 0 radical (unpaired) electrons. The molecule has 1 aliphatic heterocycles. The van der Waals surface area contributed by atoms with Crippen LogP contribution in [0.4, 0.5) is 11.4 Å². The SMILES string of the molecule is Cc1cc(=O)[nH]c2cc(N3C(=O)CSC3c3ccc([N+](=O)[O-])cc3)ccc12. The van der Waals surface area contributed by atoms with Gasteiger partial charge < -0.3 is 4.98 Å². The lowest BCUT2D eigenvalue weighted by Crippen LogP contribution is -2.27. The van der Waals surface area contributed by atoms with Crippen molar-refractivity contribution in [2.75, 3.05) is 10.7 Å². The number of aryl methyl sites for hydroxylation is 1. The minimum atomic E-state index is -0.448. The number of nitro benzene ring substituents is 1. The molecule has 3 aromatic rings. The van der Waals surface area contributed by atoms with Crippen LogP contribution in [0, 0.1) is 17.0 Å². The van der Waals surface area contributed by atoms with Crippen molar-refractivity contribution >= 4 is 39.9 Å². The number of hydrogen-bond acceptors (Lipinski definition) is 5. The summed E-state index contributed by atoms with van der Waals surface area (Å²) in [6.07, 6.45) is 0. The average Bonchev–Trinajstić information content (AvgIpc) is 3.02. The zero-order chi connectivity index (χ0) is 19.1. The molecule has 1 fully saturated rings. The zero-order valence-corrected chi connectivity index (χ0v) is 15.2. The van der Waals surface area contributed by atoms with E-state index in [-0.39, 0.29) is 22.5 Å². The Kier molecular flexibility index (Phi) is 4.19. The molecule has 1 aromatic heterocycles. The Morgan fingerprint density at radius 2 is 1.89 bits per heavy atom. The molecule has 4 rings (SSSR count). The first-order valence-corrected chi connectivity index (χ1v) is 9.30. The number of pyridine rings is 1. The molecule has 136 valence electrons. The number of carbonyl (C=O) groups is 1. The summed E-state index contributed by atoms with van der Waals surface area (Å²) in [6.45, 7) is 1.87. The molecule has 1 amide bonds. The molecule has 0 spiro atoms. The predicted octanol–water partition coefficient (Wildman–Crippen LogP) is 3.52. The third kappa shape index (κ3) is 3.08. The summed E-state index contributed by atoms with van der Waals surface area (Å²) in [5.41, 5.74) is 2.86. The highest BCUT2D eigenvalue weighted by atomic mass is 32.2. The van der Waals surface area contributed by atoms with Crippen molar-refractivity contribution in [3.63, 3.8) is 0 Å². The lowest BCUT2D eigenvalue weighted by molar-refractivity contribution is -0.384. The second kappa shape index (κ2) is 6.55. The smallest absolute Gasteiger partial charge is 0.269 e. The van der Waals surface area contributed by atoms with Gasteiger partial charge in [0, 0.05) is 29.3 Å². The fraction of sp³-hybridized carbons (Fsp3) is 0.158. The van der Waals surface area contributed by atoms with Gasteiger partial charge in [0.25, 0.3) is 5.69 Å². The third-order valence-electron chi connectivity index (χ3n) is 4.57. The molecule has 0 saturated carbocycles. The molecule has 0 aliphatic carbocycles. The van der Waals surface area contributed by atoms with Crippen molar-refractivity contribution in [3.8, 4) is 0 Å². The first-order chi connectivity index (χ1) is 12.9. The summed E-state index contributed by atoms with van der Waals surface area (Å²) in [5.74, 6) is 0.280. The Labute approximate surface area is 158 Å². The quantitative estimate of drug-likeness (QED) is 0.553. The van der Waals surface area contributed by atoms with Gasteiger partial charge in [-0.2, -0.15) is 0 Å². The van der Waals surface area contributed by atoms with E-state index in [0.717, 1.165) is 16.5 Å². The van der Waals surface area contributed by atoms with Crippen LogP contribution < -0.4 is 10.5 Å². The highest BCUT2D eigenvalue weighted by Gasteiger charge is 2.34. The molecule has 1 N–H and O–H groups in total. The Morgan fingerprint density at radius 3 is 2.59 bits per heavy atom. The van der Waals surface area contributed by atoms with Gasteiger partial charge in [0.15, 0.2) is 0 Å². The van der Waals surface area contributed by atoms with Crippen molar-refractivity contribution < 1.29 is 9.72 Å². The number of aromatic nitrogens is 1. The van der Waals surface area contributed by atoms with Crippen molar-refractivity contribution in [1.29, 1.82) is 0 Å². The van der Waals surface area contributed by atoms with Gasteiger partial charge in [-0.15, -0.1) is 11.8 Å².